The second-order valence-corrected chi connectivity index (χ2v) is 17.7. The minimum absolute atomic E-state index is 0.177. The van der Waals surface area contributed by atoms with Crippen LogP contribution in [0.2, 0.25) is 0 Å². The summed E-state index contributed by atoms with van der Waals surface area (Å²) >= 11 is 1.48. The zero-order chi connectivity index (χ0) is 42.9. The van der Waals surface area contributed by atoms with E-state index in [0.717, 1.165) is 98.4 Å². The Morgan fingerprint density at radius 2 is 1.68 bits per heavy atom. The van der Waals surface area contributed by atoms with Crippen LogP contribution >= 0.6 is 11.8 Å². The summed E-state index contributed by atoms with van der Waals surface area (Å²) in [7, 11) is 0. The first-order valence-electron chi connectivity index (χ1n) is 20.7. The Labute approximate surface area is 357 Å². The molecule has 0 unspecified atom stereocenters. The van der Waals surface area contributed by atoms with Crippen LogP contribution < -0.4 is 20.4 Å². The molecule has 2 fully saturated rings. The minimum atomic E-state index is -0.682. The third-order valence-electron chi connectivity index (χ3n) is 10.9. The number of allylic oxidation sites excluding steroid dienone is 1. The van der Waals surface area contributed by atoms with Gasteiger partial charge in [-0.2, -0.15) is 0 Å². The molecule has 14 nitrogen and oxygen atoms in total. The molecule has 1 aromatic heterocycles. The van der Waals surface area contributed by atoms with E-state index in [2.05, 4.69) is 48.3 Å². The second kappa shape index (κ2) is 19.7. The van der Waals surface area contributed by atoms with Crippen molar-refractivity contribution in [3.8, 4) is 0 Å². The fourth-order valence-electron chi connectivity index (χ4n) is 7.52. The molecule has 15 heteroatoms. The van der Waals surface area contributed by atoms with Gasteiger partial charge in [0.2, 0.25) is 0 Å². The summed E-state index contributed by atoms with van der Waals surface area (Å²) in [4.78, 5) is 54.6. The molecule has 0 saturated carbocycles. The SMILES string of the molecule is CCOC(=O)C(=N)/C=C\C(=N)C1=CCN(C2CCN(c3ccc(C(=O)Nc4cccc(Sc5cnc(N6CCC(C)(NC(=O)OC(C)(C)C)CC6)cn5)c4)cc3)CC2)CC1. The van der Waals surface area contributed by atoms with Gasteiger partial charge in [0, 0.05) is 72.7 Å². The van der Waals surface area contributed by atoms with Gasteiger partial charge in [0.05, 0.1) is 24.7 Å². The number of esters is 1. The molecule has 3 aromatic rings. The lowest BCUT2D eigenvalue weighted by Crippen LogP contribution is -2.54. The average Bonchev–Trinajstić information content (AvgIpc) is 3.23. The fourth-order valence-corrected chi connectivity index (χ4v) is 8.30. The van der Waals surface area contributed by atoms with Gasteiger partial charge in [0.25, 0.3) is 5.91 Å². The highest BCUT2D eigenvalue weighted by atomic mass is 32.2. The van der Waals surface area contributed by atoms with Gasteiger partial charge in [-0.3, -0.25) is 15.1 Å². The molecule has 60 heavy (non-hydrogen) atoms. The molecule has 2 amide bonds. The van der Waals surface area contributed by atoms with Crippen molar-refractivity contribution < 1.29 is 23.9 Å². The van der Waals surface area contributed by atoms with Crippen molar-refractivity contribution in [2.75, 3.05) is 61.0 Å². The van der Waals surface area contributed by atoms with Gasteiger partial charge in [-0.25, -0.2) is 19.6 Å². The lowest BCUT2D eigenvalue weighted by molar-refractivity contribution is -0.135. The molecule has 4 heterocycles. The van der Waals surface area contributed by atoms with E-state index >= 15 is 0 Å². The summed E-state index contributed by atoms with van der Waals surface area (Å²) in [5.74, 6) is -0.0640. The number of rotatable bonds is 13. The number of piperidine rings is 2. The molecule has 0 spiro atoms. The Morgan fingerprint density at radius 1 is 0.950 bits per heavy atom. The van der Waals surface area contributed by atoms with E-state index in [9.17, 15) is 14.4 Å². The highest BCUT2D eigenvalue weighted by Gasteiger charge is 2.34. The Balaban J connectivity index is 0.932. The molecule has 0 atom stereocenters. The van der Waals surface area contributed by atoms with Gasteiger partial charge < -0.3 is 35.3 Å². The molecule has 2 aromatic carbocycles. The quantitative estimate of drug-likeness (QED) is 0.0990. The Hall–Kier alpha value is -5.54. The number of amides is 2. The van der Waals surface area contributed by atoms with Crippen molar-refractivity contribution in [1.29, 1.82) is 10.8 Å². The van der Waals surface area contributed by atoms with Crippen LogP contribution in [0.1, 0.15) is 77.1 Å². The van der Waals surface area contributed by atoms with Crippen LogP contribution in [0.3, 0.4) is 0 Å². The lowest BCUT2D eigenvalue weighted by atomic mass is 9.90. The number of hydrogen-bond acceptors (Lipinski definition) is 13. The van der Waals surface area contributed by atoms with Crippen molar-refractivity contribution in [2.24, 2.45) is 0 Å². The molecular weight excluding hydrogens is 779 g/mol. The van der Waals surface area contributed by atoms with Crippen LogP contribution in [-0.2, 0) is 14.3 Å². The fraction of sp³-hybridized carbons (Fsp3) is 0.444. The van der Waals surface area contributed by atoms with Crippen LogP contribution in [0.25, 0.3) is 0 Å². The van der Waals surface area contributed by atoms with E-state index in [1.807, 2.05) is 69.3 Å². The standard InChI is InChI=1S/C45H57N9O5S/c1-6-58-42(56)38(47)15-14-37(46)31-16-22-52(23-17-31)35-18-24-53(25-19-35)34-12-10-32(11-13-34)41(55)50-33-8-7-9-36(28-33)60-40-30-48-39(29-49-40)54-26-20-45(5,21-27-54)51-43(57)59-44(2,3)4/h7-16,28-30,35,46-47H,6,17-27H2,1-5H3,(H,50,55)(H,51,57)/b15-14-,46-37?,47-38?. The van der Waals surface area contributed by atoms with E-state index in [0.29, 0.717) is 23.0 Å². The monoisotopic (exact) mass is 835 g/mol. The molecule has 0 aliphatic carbocycles. The predicted octanol–water partition coefficient (Wildman–Crippen LogP) is 7.52. The van der Waals surface area contributed by atoms with Gasteiger partial charge in [0.15, 0.2) is 0 Å². The average molecular weight is 836 g/mol. The summed E-state index contributed by atoms with van der Waals surface area (Å²) in [5, 5.41) is 23.0. The first-order chi connectivity index (χ1) is 28.7. The summed E-state index contributed by atoms with van der Waals surface area (Å²) in [5.41, 5.74) is 2.49. The Morgan fingerprint density at radius 3 is 2.32 bits per heavy atom. The van der Waals surface area contributed by atoms with Crippen molar-refractivity contribution in [2.45, 2.75) is 93.8 Å². The first kappa shape index (κ1) is 44.0. The number of alkyl carbamates (subject to hydrolysis) is 1. The highest BCUT2D eigenvalue weighted by Crippen LogP contribution is 2.31. The summed E-state index contributed by atoms with van der Waals surface area (Å²) in [6, 6.07) is 15.9. The normalized spacial score (nSPS) is 17.4. The molecule has 0 radical (unpaired) electrons. The molecule has 6 rings (SSSR count). The maximum atomic E-state index is 13.3. The van der Waals surface area contributed by atoms with Crippen LogP contribution in [-0.4, -0.2) is 107 Å². The third-order valence-corrected chi connectivity index (χ3v) is 11.8. The Bertz CT molecular complexity index is 2080. The highest BCUT2D eigenvalue weighted by molar-refractivity contribution is 7.99. The van der Waals surface area contributed by atoms with Crippen molar-refractivity contribution in [3.63, 3.8) is 0 Å². The Kier molecular flexibility index (Phi) is 14.4. The second-order valence-electron chi connectivity index (χ2n) is 16.6. The van der Waals surface area contributed by atoms with Gasteiger partial charge >= 0.3 is 12.1 Å². The lowest BCUT2D eigenvalue weighted by Gasteiger charge is -2.40. The maximum Gasteiger partial charge on any atom is 0.408 e. The summed E-state index contributed by atoms with van der Waals surface area (Å²) < 4.78 is 10.3. The first-order valence-corrected chi connectivity index (χ1v) is 21.5. The van der Waals surface area contributed by atoms with Crippen molar-refractivity contribution in [3.05, 3.63) is 90.3 Å². The maximum absolute atomic E-state index is 13.3. The number of nitrogens with one attached hydrogen (secondary N) is 4. The van der Waals surface area contributed by atoms with E-state index in [-0.39, 0.29) is 23.8 Å². The third kappa shape index (κ3) is 12.3. The van der Waals surface area contributed by atoms with Crippen LogP contribution in [0.5, 0.6) is 0 Å². The molecule has 3 aliphatic rings. The zero-order valence-corrected chi connectivity index (χ0v) is 36.1. The van der Waals surface area contributed by atoms with Gasteiger partial charge in [0.1, 0.15) is 22.2 Å². The molecule has 2 saturated heterocycles. The number of ether oxygens (including phenoxy) is 2. The number of benzene rings is 2. The minimum Gasteiger partial charge on any atom is -0.461 e. The smallest absolute Gasteiger partial charge is 0.408 e. The zero-order valence-electron chi connectivity index (χ0n) is 35.3. The number of carbonyl (C=O) groups is 3. The van der Waals surface area contributed by atoms with E-state index in [1.54, 1.807) is 19.3 Å². The topological polar surface area (TPSA) is 177 Å². The number of carbonyl (C=O) groups excluding carboxylic acids is 3. The van der Waals surface area contributed by atoms with Gasteiger partial charge in [-0.15, -0.1) is 0 Å². The van der Waals surface area contributed by atoms with Crippen LogP contribution in [0.4, 0.5) is 22.0 Å². The van der Waals surface area contributed by atoms with E-state index < -0.39 is 17.7 Å². The number of anilines is 3. The van der Waals surface area contributed by atoms with Gasteiger partial charge in [-0.1, -0.05) is 23.9 Å². The number of hydrogen-bond donors (Lipinski definition) is 4. The molecule has 318 valence electrons. The van der Waals surface area contributed by atoms with Crippen LogP contribution in [0.15, 0.2) is 94.6 Å². The molecule has 0 bridgehead atoms. The largest absolute Gasteiger partial charge is 0.461 e. The molecular formula is C45H57N9O5S. The number of nitrogens with zero attached hydrogens (tertiary/aromatic N) is 5. The van der Waals surface area contributed by atoms with Crippen molar-refractivity contribution >= 4 is 58.3 Å². The van der Waals surface area contributed by atoms with E-state index in [4.69, 9.17) is 20.3 Å². The van der Waals surface area contributed by atoms with Crippen LogP contribution in [0, 0.1) is 10.8 Å². The van der Waals surface area contributed by atoms with E-state index in [1.165, 1.54) is 23.9 Å². The molecule has 3 aliphatic heterocycles. The summed E-state index contributed by atoms with van der Waals surface area (Å²) in [6.07, 6.45) is 12.4. The van der Waals surface area contributed by atoms with Crippen molar-refractivity contribution in [1.82, 2.24) is 20.2 Å². The number of aromatic nitrogens is 2. The molecule has 4 N–H and O–H groups in total. The predicted molar refractivity (Wildman–Crippen MR) is 237 cm³/mol. The summed E-state index contributed by atoms with van der Waals surface area (Å²) in [6.45, 7) is 14.5. The van der Waals surface area contributed by atoms with Gasteiger partial charge in [-0.05, 0) is 127 Å².